The lowest BCUT2D eigenvalue weighted by atomic mass is 10.3. The van der Waals surface area contributed by atoms with Crippen LogP contribution < -0.4 is 5.73 Å². The van der Waals surface area contributed by atoms with Crippen LogP contribution in [-0.2, 0) is 0 Å². The topological polar surface area (TPSA) is 38.9 Å². The third kappa shape index (κ3) is 2.11. The standard InChI is InChI=1S/C6H5BrF2N2/c7-3-1-4(6(8)9)11-5(10)2-3/h1-2,6H,(H2,10,11). The molecule has 0 aliphatic carbocycles. The van der Waals surface area contributed by atoms with E-state index in [9.17, 15) is 8.78 Å². The highest BCUT2D eigenvalue weighted by Crippen LogP contribution is 2.21. The average molecular weight is 223 g/mol. The van der Waals surface area contributed by atoms with Crippen LogP contribution in [-0.4, -0.2) is 4.98 Å². The zero-order valence-electron chi connectivity index (χ0n) is 5.39. The maximum absolute atomic E-state index is 12.0. The number of rotatable bonds is 1. The molecule has 2 N–H and O–H groups in total. The van der Waals surface area contributed by atoms with E-state index in [1.807, 2.05) is 0 Å². The maximum atomic E-state index is 12.0. The van der Waals surface area contributed by atoms with Gasteiger partial charge in [0.2, 0.25) is 0 Å². The summed E-state index contributed by atoms with van der Waals surface area (Å²) in [6, 6.07) is 2.70. The normalized spacial score (nSPS) is 10.5. The Balaban J connectivity index is 3.08. The summed E-state index contributed by atoms with van der Waals surface area (Å²) < 4.78 is 24.5. The quantitative estimate of drug-likeness (QED) is 0.793. The summed E-state index contributed by atoms with van der Waals surface area (Å²) in [4.78, 5) is 3.43. The molecule has 2 nitrogen and oxygen atoms in total. The molecular weight excluding hydrogens is 218 g/mol. The maximum Gasteiger partial charge on any atom is 0.280 e. The molecule has 0 saturated heterocycles. The monoisotopic (exact) mass is 222 g/mol. The highest BCUT2D eigenvalue weighted by atomic mass is 79.9. The lowest BCUT2D eigenvalue weighted by Crippen LogP contribution is -1.95. The van der Waals surface area contributed by atoms with Gasteiger partial charge in [-0.15, -0.1) is 0 Å². The molecule has 60 valence electrons. The number of aromatic nitrogens is 1. The molecule has 0 saturated carbocycles. The predicted octanol–water partition coefficient (Wildman–Crippen LogP) is 2.36. The number of nitrogens with two attached hydrogens (primary N) is 1. The van der Waals surface area contributed by atoms with Gasteiger partial charge >= 0.3 is 0 Å². The molecule has 1 aromatic rings. The second-order valence-corrected chi connectivity index (χ2v) is 2.85. The Morgan fingerprint density at radius 1 is 1.45 bits per heavy atom. The second kappa shape index (κ2) is 3.13. The number of hydrogen-bond acceptors (Lipinski definition) is 2. The molecular formula is C6H5BrF2N2. The van der Waals surface area contributed by atoms with Crippen molar-refractivity contribution in [2.24, 2.45) is 0 Å². The first kappa shape index (κ1) is 8.39. The van der Waals surface area contributed by atoms with E-state index in [0.29, 0.717) is 4.47 Å². The molecule has 0 aliphatic rings. The van der Waals surface area contributed by atoms with E-state index in [2.05, 4.69) is 20.9 Å². The molecule has 0 spiro atoms. The molecule has 0 aliphatic heterocycles. The van der Waals surface area contributed by atoms with Gasteiger partial charge in [-0.05, 0) is 12.1 Å². The van der Waals surface area contributed by atoms with Crippen LogP contribution in [0.1, 0.15) is 12.1 Å². The summed E-state index contributed by atoms with van der Waals surface area (Å²) in [5, 5.41) is 0. The summed E-state index contributed by atoms with van der Waals surface area (Å²) in [6.45, 7) is 0. The zero-order chi connectivity index (χ0) is 8.43. The fourth-order valence-corrected chi connectivity index (χ4v) is 1.12. The van der Waals surface area contributed by atoms with E-state index in [4.69, 9.17) is 5.73 Å². The fourth-order valence-electron chi connectivity index (χ4n) is 0.650. The lowest BCUT2D eigenvalue weighted by molar-refractivity contribution is 0.146. The van der Waals surface area contributed by atoms with Crippen LogP contribution >= 0.6 is 15.9 Å². The minimum absolute atomic E-state index is 0.0923. The molecule has 1 heterocycles. The summed E-state index contributed by atoms with van der Waals surface area (Å²) >= 11 is 3.03. The Bertz CT molecular complexity index is 245. The number of pyridine rings is 1. The van der Waals surface area contributed by atoms with E-state index < -0.39 is 6.43 Å². The highest BCUT2D eigenvalue weighted by molar-refractivity contribution is 9.10. The predicted molar refractivity (Wildman–Crippen MR) is 41.3 cm³/mol. The summed E-state index contributed by atoms with van der Waals surface area (Å²) in [5.74, 6) is 0.0923. The van der Waals surface area contributed by atoms with Gasteiger partial charge < -0.3 is 5.73 Å². The number of nitrogens with zero attached hydrogens (tertiary/aromatic N) is 1. The Morgan fingerprint density at radius 3 is 2.55 bits per heavy atom. The van der Waals surface area contributed by atoms with Crippen LogP contribution in [0.2, 0.25) is 0 Å². The van der Waals surface area contributed by atoms with Crippen molar-refractivity contribution in [3.8, 4) is 0 Å². The first-order valence-electron chi connectivity index (χ1n) is 2.80. The molecule has 1 rings (SSSR count). The highest BCUT2D eigenvalue weighted by Gasteiger charge is 2.09. The van der Waals surface area contributed by atoms with Crippen molar-refractivity contribution < 1.29 is 8.78 Å². The lowest BCUT2D eigenvalue weighted by Gasteiger charge is -2.00. The number of anilines is 1. The van der Waals surface area contributed by atoms with E-state index in [-0.39, 0.29) is 11.5 Å². The molecule has 0 radical (unpaired) electrons. The van der Waals surface area contributed by atoms with Gasteiger partial charge in [0.05, 0.1) is 0 Å². The Labute approximate surface area is 70.6 Å². The SMILES string of the molecule is Nc1cc(Br)cc(C(F)F)n1. The molecule has 1 aromatic heterocycles. The third-order valence-electron chi connectivity index (χ3n) is 1.05. The Morgan fingerprint density at radius 2 is 2.09 bits per heavy atom. The van der Waals surface area contributed by atoms with Crippen molar-refractivity contribution in [3.05, 3.63) is 22.3 Å². The summed E-state index contributed by atoms with van der Waals surface area (Å²) in [6.07, 6.45) is -2.57. The van der Waals surface area contributed by atoms with Gasteiger partial charge in [-0.3, -0.25) is 0 Å². The van der Waals surface area contributed by atoms with Gasteiger partial charge in [0, 0.05) is 4.47 Å². The van der Waals surface area contributed by atoms with Crippen molar-refractivity contribution in [2.75, 3.05) is 5.73 Å². The minimum Gasteiger partial charge on any atom is -0.384 e. The van der Waals surface area contributed by atoms with Gasteiger partial charge in [0.1, 0.15) is 11.5 Å². The van der Waals surface area contributed by atoms with Crippen molar-refractivity contribution in [1.29, 1.82) is 0 Å². The van der Waals surface area contributed by atoms with Gasteiger partial charge in [-0.1, -0.05) is 15.9 Å². The molecule has 0 amide bonds. The minimum atomic E-state index is -2.57. The van der Waals surface area contributed by atoms with Gasteiger partial charge in [-0.2, -0.15) is 0 Å². The number of nitrogen functional groups attached to an aromatic ring is 1. The van der Waals surface area contributed by atoms with Crippen LogP contribution in [0.5, 0.6) is 0 Å². The molecule has 0 atom stereocenters. The van der Waals surface area contributed by atoms with Gasteiger partial charge in [0.25, 0.3) is 6.43 Å². The van der Waals surface area contributed by atoms with E-state index in [0.717, 1.165) is 0 Å². The molecule has 11 heavy (non-hydrogen) atoms. The third-order valence-corrected chi connectivity index (χ3v) is 1.51. The van der Waals surface area contributed by atoms with Gasteiger partial charge in [-0.25, -0.2) is 13.8 Å². The molecule has 0 aromatic carbocycles. The number of halogens is 3. The summed E-state index contributed by atoms with van der Waals surface area (Å²) in [7, 11) is 0. The van der Waals surface area contributed by atoms with Crippen LogP contribution in [0.15, 0.2) is 16.6 Å². The average Bonchev–Trinajstić information content (AvgIpc) is 1.85. The van der Waals surface area contributed by atoms with Crippen LogP contribution in [0.3, 0.4) is 0 Å². The smallest absolute Gasteiger partial charge is 0.280 e. The van der Waals surface area contributed by atoms with Crippen LogP contribution in [0, 0.1) is 0 Å². The second-order valence-electron chi connectivity index (χ2n) is 1.94. The molecule has 0 fully saturated rings. The first-order chi connectivity index (χ1) is 5.09. The summed E-state index contributed by atoms with van der Waals surface area (Å²) in [5.41, 5.74) is 4.91. The largest absolute Gasteiger partial charge is 0.384 e. The van der Waals surface area contributed by atoms with Gasteiger partial charge in [0.15, 0.2) is 0 Å². The van der Waals surface area contributed by atoms with Crippen molar-refractivity contribution >= 4 is 21.7 Å². The molecule has 0 unspecified atom stereocenters. The fraction of sp³-hybridized carbons (Fsp3) is 0.167. The Hall–Kier alpha value is -0.710. The van der Waals surface area contributed by atoms with E-state index in [1.54, 1.807) is 0 Å². The first-order valence-corrected chi connectivity index (χ1v) is 3.60. The van der Waals surface area contributed by atoms with Crippen LogP contribution in [0.4, 0.5) is 14.6 Å². The number of alkyl halides is 2. The van der Waals surface area contributed by atoms with E-state index in [1.165, 1.54) is 12.1 Å². The molecule has 0 bridgehead atoms. The zero-order valence-corrected chi connectivity index (χ0v) is 6.98. The Kier molecular flexibility index (Phi) is 2.38. The van der Waals surface area contributed by atoms with E-state index >= 15 is 0 Å². The van der Waals surface area contributed by atoms with Crippen molar-refractivity contribution in [1.82, 2.24) is 4.98 Å². The van der Waals surface area contributed by atoms with Crippen molar-refractivity contribution in [2.45, 2.75) is 6.43 Å². The molecule has 5 heteroatoms. The number of hydrogen-bond donors (Lipinski definition) is 1. The van der Waals surface area contributed by atoms with Crippen LogP contribution in [0.25, 0.3) is 0 Å². The van der Waals surface area contributed by atoms with Crippen molar-refractivity contribution in [3.63, 3.8) is 0 Å².